The van der Waals surface area contributed by atoms with E-state index < -0.39 is 0 Å². The van der Waals surface area contributed by atoms with Crippen molar-refractivity contribution in [2.24, 2.45) is 0 Å². The maximum atomic E-state index is 6.17. The van der Waals surface area contributed by atoms with Gasteiger partial charge in [0, 0.05) is 39.3 Å². The molecule has 3 heterocycles. The monoisotopic (exact) mass is 515 g/mol. The van der Waals surface area contributed by atoms with Crippen molar-refractivity contribution in [2.45, 2.75) is 0 Å². The molecule has 3 aliphatic rings. The highest BCUT2D eigenvalue weighted by molar-refractivity contribution is 5.59. The minimum atomic E-state index is 0.553. The van der Waals surface area contributed by atoms with E-state index in [0.717, 1.165) is 62.1 Å². The topological polar surface area (TPSA) is 73.9 Å². The molecule has 0 atom stereocenters. The van der Waals surface area contributed by atoms with Crippen molar-refractivity contribution in [3.05, 3.63) is 48.5 Å². The van der Waals surface area contributed by atoms with Crippen molar-refractivity contribution in [3.8, 4) is 11.5 Å². The Labute approximate surface area is 220 Å². The van der Waals surface area contributed by atoms with Crippen molar-refractivity contribution in [2.75, 3.05) is 115 Å². The molecule has 2 aromatic rings. The van der Waals surface area contributed by atoms with Gasteiger partial charge in [-0.3, -0.25) is 0 Å². The number of rotatable bonds is 0. The summed E-state index contributed by atoms with van der Waals surface area (Å²) in [5.74, 6) is 1.72. The number of benzene rings is 2. The Kier molecular flexibility index (Phi) is 12.1. The molecule has 0 unspecified atom stereocenters. The van der Waals surface area contributed by atoms with Crippen LogP contribution in [0.4, 0.5) is 11.4 Å². The molecule has 0 amide bonds. The summed E-state index contributed by atoms with van der Waals surface area (Å²) in [5, 5.41) is 3.42. The number of nitrogens with one attached hydrogen (secondary N) is 1. The fraction of sp³-hybridized carbons (Fsp3) is 0.571. The van der Waals surface area contributed by atoms with Gasteiger partial charge in [-0.1, -0.05) is 24.3 Å². The normalized spacial score (nSPS) is 20.1. The highest BCUT2D eigenvalue weighted by atomic mass is 16.5. The summed E-state index contributed by atoms with van der Waals surface area (Å²) in [6.45, 7) is 10.1. The first kappa shape index (κ1) is 27.5. The van der Waals surface area contributed by atoms with E-state index in [0.29, 0.717) is 66.1 Å². The van der Waals surface area contributed by atoms with Crippen LogP contribution < -0.4 is 24.6 Å². The van der Waals surface area contributed by atoms with Crippen LogP contribution in [-0.2, 0) is 18.9 Å². The quantitative estimate of drug-likeness (QED) is 0.533. The predicted octanol–water partition coefficient (Wildman–Crippen LogP) is 2.44. The minimum Gasteiger partial charge on any atom is -0.490 e. The number of nitrogens with zero attached hydrogens (tertiary/aromatic N) is 2. The maximum Gasteiger partial charge on any atom is 0.142 e. The number of hydrogen-bond acceptors (Lipinski definition) is 9. The van der Waals surface area contributed by atoms with Gasteiger partial charge in [0.25, 0.3) is 0 Å². The Hall–Kier alpha value is -2.56. The van der Waals surface area contributed by atoms with E-state index in [4.69, 9.17) is 28.4 Å². The summed E-state index contributed by atoms with van der Waals surface area (Å²) in [7, 11) is 0. The molecule has 0 spiro atoms. The van der Waals surface area contributed by atoms with Crippen molar-refractivity contribution < 1.29 is 28.4 Å². The van der Waals surface area contributed by atoms with Gasteiger partial charge in [0.05, 0.1) is 64.2 Å². The molecule has 0 radical (unpaired) electrons. The lowest BCUT2D eigenvalue weighted by atomic mass is 10.2. The molecule has 5 rings (SSSR count). The third-order valence-electron chi connectivity index (χ3n) is 6.25. The van der Waals surface area contributed by atoms with E-state index in [1.165, 1.54) is 0 Å². The second kappa shape index (κ2) is 16.3. The molecule has 9 heteroatoms. The smallest absolute Gasteiger partial charge is 0.142 e. The zero-order valence-electron chi connectivity index (χ0n) is 21.8. The molecule has 1 N–H and O–H groups in total. The number of hydrogen-bond donors (Lipinski definition) is 1. The molecule has 0 aromatic heterocycles. The molecule has 1 saturated heterocycles. The number of anilines is 2. The first-order valence-electron chi connectivity index (χ1n) is 13.4. The fourth-order valence-corrected chi connectivity index (χ4v) is 4.32. The van der Waals surface area contributed by atoms with Crippen LogP contribution in [0.25, 0.3) is 0 Å². The number of para-hydroxylation sites is 4. The van der Waals surface area contributed by atoms with Crippen LogP contribution in [0.2, 0.25) is 0 Å². The molecular weight excluding hydrogens is 474 g/mol. The predicted molar refractivity (Wildman–Crippen MR) is 144 cm³/mol. The van der Waals surface area contributed by atoms with Gasteiger partial charge in [-0.05, 0) is 24.3 Å². The van der Waals surface area contributed by atoms with Gasteiger partial charge in [0.2, 0.25) is 0 Å². The summed E-state index contributed by atoms with van der Waals surface area (Å²) in [4.78, 5) is 4.53. The number of fused-ring (bicyclic) bond motifs is 20. The Balaban J connectivity index is 1.52. The highest BCUT2D eigenvalue weighted by Gasteiger charge is 2.15. The van der Waals surface area contributed by atoms with Gasteiger partial charge in [-0.2, -0.15) is 0 Å². The van der Waals surface area contributed by atoms with Gasteiger partial charge >= 0.3 is 0 Å². The van der Waals surface area contributed by atoms with Crippen LogP contribution in [0, 0.1) is 0 Å². The average Bonchev–Trinajstić information content (AvgIpc) is 2.93. The van der Waals surface area contributed by atoms with E-state index in [1.807, 2.05) is 36.4 Å². The first-order chi connectivity index (χ1) is 18.4. The fourth-order valence-electron chi connectivity index (χ4n) is 4.32. The van der Waals surface area contributed by atoms with Crippen LogP contribution in [0.15, 0.2) is 48.5 Å². The molecule has 37 heavy (non-hydrogen) atoms. The van der Waals surface area contributed by atoms with E-state index in [9.17, 15) is 0 Å². The molecule has 2 bridgehead atoms. The zero-order valence-corrected chi connectivity index (χ0v) is 21.8. The lowest BCUT2D eigenvalue weighted by Gasteiger charge is -2.27. The maximum absolute atomic E-state index is 6.17. The highest BCUT2D eigenvalue weighted by Crippen LogP contribution is 2.29. The Morgan fingerprint density at radius 1 is 0.459 bits per heavy atom. The van der Waals surface area contributed by atoms with Crippen LogP contribution in [0.1, 0.15) is 0 Å². The summed E-state index contributed by atoms with van der Waals surface area (Å²) < 4.78 is 36.0. The lowest BCUT2D eigenvalue weighted by Crippen LogP contribution is -2.33. The second-order valence-corrected chi connectivity index (χ2v) is 8.81. The second-order valence-electron chi connectivity index (χ2n) is 8.81. The summed E-state index contributed by atoms with van der Waals surface area (Å²) in [6, 6.07) is 16.3. The largest absolute Gasteiger partial charge is 0.490 e. The molecule has 2 aromatic carbocycles. The van der Waals surface area contributed by atoms with Crippen LogP contribution in [0.3, 0.4) is 0 Å². The van der Waals surface area contributed by atoms with Crippen LogP contribution >= 0.6 is 0 Å². The first-order valence-corrected chi connectivity index (χ1v) is 13.4. The van der Waals surface area contributed by atoms with Gasteiger partial charge < -0.3 is 43.5 Å². The Morgan fingerprint density at radius 2 is 0.838 bits per heavy atom. The third kappa shape index (κ3) is 9.36. The van der Waals surface area contributed by atoms with Gasteiger partial charge in [-0.15, -0.1) is 0 Å². The molecule has 3 aliphatic heterocycles. The van der Waals surface area contributed by atoms with Crippen LogP contribution in [0.5, 0.6) is 11.5 Å². The lowest BCUT2D eigenvalue weighted by molar-refractivity contribution is 0.0435. The average molecular weight is 516 g/mol. The third-order valence-corrected chi connectivity index (χ3v) is 6.25. The van der Waals surface area contributed by atoms with Gasteiger partial charge in [0.1, 0.15) is 24.7 Å². The SMILES string of the molecule is c1ccc2c(c1)OCCNCCOc1ccccc1N1CCOCCOCCN2CCOCCOCC1. The van der Waals surface area contributed by atoms with E-state index in [1.54, 1.807) is 0 Å². The van der Waals surface area contributed by atoms with E-state index in [-0.39, 0.29) is 0 Å². The summed E-state index contributed by atoms with van der Waals surface area (Å²) >= 11 is 0. The molecule has 9 nitrogen and oxygen atoms in total. The summed E-state index contributed by atoms with van der Waals surface area (Å²) in [5.41, 5.74) is 2.09. The van der Waals surface area contributed by atoms with Crippen molar-refractivity contribution in [1.29, 1.82) is 0 Å². The van der Waals surface area contributed by atoms with Crippen LogP contribution in [-0.4, -0.2) is 105 Å². The summed E-state index contributed by atoms with van der Waals surface area (Å²) in [6.07, 6.45) is 0. The van der Waals surface area contributed by atoms with E-state index >= 15 is 0 Å². The van der Waals surface area contributed by atoms with E-state index in [2.05, 4.69) is 27.2 Å². The molecular formula is C28H41N3O6. The van der Waals surface area contributed by atoms with Crippen molar-refractivity contribution in [1.82, 2.24) is 5.32 Å². The molecule has 204 valence electrons. The van der Waals surface area contributed by atoms with Gasteiger partial charge in [-0.25, -0.2) is 0 Å². The Morgan fingerprint density at radius 3 is 1.24 bits per heavy atom. The zero-order chi connectivity index (χ0) is 25.4. The Bertz CT molecular complexity index is 810. The molecule has 0 saturated carbocycles. The molecule has 1 fully saturated rings. The number of ether oxygens (including phenoxy) is 6. The van der Waals surface area contributed by atoms with Crippen molar-refractivity contribution in [3.63, 3.8) is 0 Å². The van der Waals surface area contributed by atoms with Crippen molar-refractivity contribution >= 4 is 11.4 Å². The standard InChI is InChI=1S/C28H41N3O6/c1-3-7-27-25(5-1)30-11-17-32-21-23-34-19-13-31(14-20-35-24-22-33-18-12-30)26-6-2-4-8-28(26)37-16-10-29-9-15-36-27/h1-8,29H,9-24H2. The van der Waals surface area contributed by atoms with Gasteiger partial charge in [0.15, 0.2) is 0 Å². The molecule has 0 aliphatic carbocycles. The minimum absolute atomic E-state index is 0.553.